The molecule has 1 aliphatic rings. The Bertz CT molecular complexity index is 1060. The Kier molecular flexibility index (Phi) is 4.89. The highest BCUT2D eigenvalue weighted by Crippen LogP contribution is 2.26. The fourth-order valence-electron chi connectivity index (χ4n) is 3.63. The van der Waals surface area contributed by atoms with Crippen molar-refractivity contribution in [1.82, 2.24) is 14.9 Å². The first-order chi connectivity index (χ1) is 13.0. The number of aromatic nitrogens is 2. The quantitative estimate of drug-likeness (QED) is 0.718. The van der Waals surface area contributed by atoms with Crippen molar-refractivity contribution in [3.8, 4) is 0 Å². The molecule has 2 heterocycles. The third-order valence-corrected chi connectivity index (χ3v) is 5.27. The first kappa shape index (κ1) is 18.0. The highest BCUT2D eigenvalue weighted by molar-refractivity contribution is 6.34. The van der Waals surface area contributed by atoms with Crippen LogP contribution in [0, 0.1) is 0 Å². The molecule has 1 fully saturated rings. The number of H-pyrrole nitrogens is 1. The second-order valence-electron chi connectivity index (χ2n) is 6.71. The number of amides is 1. The second-order valence-corrected chi connectivity index (χ2v) is 7.58. The van der Waals surface area contributed by atoms with Gasteiger partial charge in [0, 0.05) is 22.6 Å². The van der Waals surface area contributed by atoms with Gasteiger partial charge in [0.25, 0.3) is 11.5 Å². The molecule has 0 aliphatic carbocycles. The predicted molar refractivity (Wildman–Crippen MR) is 107 cm³/mol. The number of rotatable bonds is 3. The molecule has 1 N–H and O–H groups in total. The van der Waals surface area contributed by atoms with Crippen LogP contribution in [-0.4, -0.2) is 33.4 Å². The molecule has 1 atom stereocenters. The van der Waals surface area contributed by atoms with Crippen LogP contribution in [0.15, 0.2) is 47.3 Å². The van der Waals surface area contributed by atoms with Gasteiger partial charge in [-0.3, -0.25) is 9.59 Å². The van der Waals surface area contributed by atoms with E-state index in [9.17, 15) is 9.59 Å². The highest BCUT2D eigenvalue weighted by atomic mass is 35.5. The summed E-state index contributed by atoms with van der Waals surface area (Å²) in [7, 11) is 0. The molecular weight excluding hydrogens is 385 g/mol. The molecule has 1 aliphatic heterocycles. The number of hydrogen-bond donors (Lipinski definition) is 1. The van der Waals surface area contributed by atoms with Crippen molar-refractivity contribution >= 4 is 40.1 Å². The van der Waals surface area contributed by atoms with E-state index in [2.05, 4.69) is 9.97 Å². The van der Waals surface area contributed by atoms with Gasteiger partial charge in [-0.25, -0.2) is 4.98 Å². The monoisotopic (exact) mass is 401 g/mol. The molecule has 2 aromatic carbocycles. The van der Waals surface area contributed by atoms with Gasteiger partial charge in [0.05, 0.1) is 11.0 Å². The lowest BCUT2D eigenvalue weighted by Gasteiger charge is -2.24. The van der Waals surface area contributed by atoms with Crippen LogP contribution in [0.3, 0.4) is 0 Å². The molecular formula is C20H17Cl2N3O2. The molecule has 4 rings (SSSR count). The van der Waals surface area contributed by atoms with E-state index in [4.69, 9.17) is 23.2 Å². The van der Waals surface area contributed by atoms with Gasteiger partial charge in [0.2, 0.25) is 0 Å². The third-order valence-electron chi connectivity index (χ3n) is 4.83. The van der Waals surface area contributed by atoms with Gasteiger partial charge in [0.1, 0.15) is 0 Å². The van der Waals surface area contributed by atoms with Crippen molar-refractivity contribution in [1.29, 1.82) is 0 Å². The molecule has 1 amide bonds. The van der Waals surface area contributed by atoms with E-state index >= 15 is 0 Å². The number of likely N-dealkylation sites (tertiary alicyclic amines) is 1. The Morgan fingerprint density at radius 2 is 1.93 bits per heavy atom. The first-order valence-electron chi connectivity index (χ1n) is 8.76. The fourth-order valence-corrected chi connectivity index (χ4v) is 4.20. The second kappa shape index (κ2) is 7.33. The summed E-state index contributed by atoms with van der Waals surface area (Å²) in [5.74, 6) is -0.336. The summed E-state index contributed by atoms with van der Waals surface area (Å²) >= 11 is 12.2. The van der Waals surface area contributed by atoms with E-state index in [1.54, 1.807) is 23.1 Å². The zero-order valence-corrected chi connectivity index (χ0v) is 15.9. The van der Waals surface area contributed by atoms with Gasteiger partial charge in [-0.15, -0.1) is 0 Å². The summed E-state index contributed by atoms with van der Waals surface area (Å²) < 4.78 is 0. The summed E-state index contributed by atoms with van der Waals surface area (Å²) in [6, 6.07) is 12.6. The number of nitrogens with one attached hydrogen (secondary N) is 1. The summed E-state index contributed by atoms with van der Waals surface area (Å²) in [5, 5.41) is 1.14. The first-order valence-corrected chi connectivity index (χ1v) is 9.52. The minimum Gasteiger partial charge on any atom is -0.334 e. The molecule has 0 spiro atoms. The van der Waals surface area contributed by atoms with Crippen LogP contribution in [0.2, 0.25) is 10.0 Å². The topological polar surface area (TPSA) is 66.1 Å². The van der Waals surface area contributed by atoms with Crippen molar-refractivity contribution in [2.75, 3.05) is 6.54 Å². The zero-order valence-electron chi connectivity index (χ0n) is 14.4. The van der Waals surface area contributed by atoms with E-state index in [0.717, 1.165) is 18.4 Å². The van der Waals surface area contributed by atoms with Crippen LogP contribution in [0.4, 0.5) is 0 Å². The van der Waals surface area contributed by atoms with Gasteiger partial charge in [-0.05, 0) is 55.2 Å². The Labute approximate surface area is 165 Å². The molecule has 5 nitrogen and oxygen atoms in total. The number of fused-ring (bicyclic) bond motifs is 1. The van der Waals surface area contributed by atoms with Gasteiger partial charge in [-0.2, -0.15) is 0 Å². The molecule has 138 valence electrons. The van der Waals surface area contributed by atoms with E-state index in [-0.39, 0.29) is 17.6 Å². The molecule has 27 heavy (non-hydrogen) atoms. The van der Waals surface area contributed by atoms with E-state index in [0.29, 0.717) is 34.0 Å². The number of benzene rings is 2. The summed E-state index contributed by atoms with van der Waals surface area (Å²) in [6.07, 6.45) is 2.38. The molecule has 0 radical (unpaired) electrons. The number of carbonyl (C=O) groups excluding carboxylic acids is 1. The number of nitrogens with zero attached hydrogens (tertiary/aromatic N) is 2. The van der Waals surface area contributed by atoms with Crippen LogP contribution in [0.1, 0.15) is 28.9 Å². The molecule has 0 bridgehead atoms. The van der Waals surface area contributed by atoms with Crippen molar-refractivity contribution in [3.05, 3.63) is 74.1 Å². The molecule has 3 aromatic rings. The van der Waals surface area contributed by atoms with Crippen molar-refractivity contribution in [2.24, 2.45) is 0 Å². The van der Waals surface area contributed by atoms with Crippen LogP contribution in [0.25, 0.3) is 11.0 Å². The number of hydrogen-bond acceptors (Lipinski definition) is 3. The predicted octanol–water partition coefficient (Wildman–Crippen LogP) is 4.08. The third kappa shape index (κ3) is 3.70. The SMILES string of the molecule is O=C(c1nc2ccccc2[nH]c1=O)N1CCCC1Cc1cc(Cl)cc(Cl)c1. The minimum absolute atomic E-state index is 0.0142. The number of carbonyl (C=O) groups is 1. The largest absolute Gasteiger partial charge is 0.334 e. The number of aromatic amines is 1. The maximum Gasteiger partial charge on any atom is 0.280 e. The van der Waals surface area contributed by atoms with E-state index in [1.807, 2.05) is 24.3 Å². The van der Waals surface area contributed by atoms with Gasteiger partial charge in [-0.1, -0.05) is 35.3 Å². The van der Waals surface area contributed by atoms with Crippen molar-refractivity contribution in [3.63, 3.8) is 0 Å². The standard InChI is InChI=1S/C20H17Cl2N3O2/c21-13-8-12(9-14(22)11-13)10-15-4-3-7-25(15)20(27)18-19(26)24-17-6-2-1-5-16(17)23-18/h1-2,5-6,8-9,11,15H,3-4,7,10H2,(H,24,26). The Morgan fingerprint density at radius 3 is 2.70 bits per heavy atom. The summed E-state index contributed by atoms with van der Waals surface area (Å²) in [4.78, 5) is 34.2. The van der Waals surface area contributed by atoms with Crippen molar-refractivity contribution < 1.29 is 4.79 Å². The van der Waals surface area contributed by atoms with Crippen molar-refractivity contribution in [2.45, 2.75) is 25.3 Å². The van der Waals surface area contributed by atoms with Gasteiger partial charge in [0.15, 0.2) is 5.69 Å². The average molecular weight is 402 g/mol. The number of halogens is 2. The van der Waals surface area contributed by atoms with Crippen LogP contribution in [0.5, 0.6) is 0 Å². The maximum atomic E-state index is 13.0. The maximum absolute atomic E-state index is 13.0. The Balaban J connectivity index is 1.62. The zero-order chi connectivity index (χ0) is 19.0. The molecule has 7 heteroatoms. The molecule has 0 saturated carbocycles. The fraction of sp³-hybridized carbons (Fsp3) is 0.250. The van der Waals surface area contributed by atoms with Crippen LogP contribution in [-0.2, 0) is 6.42 Å². The van der Waals surface area contributed by atoms with Gasteiger partial charge >= 0.3 is 0 Å². The van der Waals surface area contributed by atoms with Crippen LogP contribution >= 0.6 is 23.2 Å². The smallest absolute Gasteiger partial charge is 0.280 e. The molecule has 1 unspecified atom stereocenters. The Morgan fingerprint density at radius 1 is 1.19 bits per heavy atom. The molecule has 1 saturated heterocycles. The summed E-state index contributed by atoms with van der Waals surface area (Å²) in [5.41, 5.74) is 1.65. The number of para-hydroxylation sites is 2. The van der Waals surface area contributed by atoms with E-state index in [1.165, 1.54) is 0 Å². The molecule has 1 aromatic heterocycles. The highest BCUT2D eigenvalue weighted by Gasteiger charge is 2.31. The Hall–Kier alpha value is -2.37. The minimum atomic E-state index is -0.463. The lowest BCUT2D eigenvalue weighted by molar-refractivity contribution is 0.0729. The average Bonchev–Trinajstić information content (AvgIpc) is 3.07. The van der Waals surface area contributed by atoms with Gasteiger partial charge < -0.3 is 9.88 Å². The lowest BCUT2D eigenvalue weighted by atomic mass is 10.0. The normalized spacial score (nSPS) is 16.8. The summed E-state index contributed by atoms with van der Waals surface area (Å²) in [6.45, 7) is 0.603. The van der Waals surface area contributed by atoms with E-state index < -0.39 is 5.56 Å². The van der Waals surface area contributed by atoms with Crippen LogP contribution < -0.4 is 5.56 Å². The lowest BCUT2D eigenvalue weighted by Crippen LogP contribution is -2.40.